The van der Waals surface area contributed by atoms with Crippen molar-refractivity contribution in [3.8, 4) is 0 Å². The summed E-state index contributed by atoms with van der Waals surface area (Å²) in [7, 11) is 0. The number of rotatable bonds is 2. The number of imidazole rings is 1. The largest absolute Gasteiger partial charge is 0.333 e. The van der Waals surface area contributed by atoms with E-state index in [0.29, 0.717) is 0 Å². The molecule has 1 aromatic heterocycles. The van der Waals surface area contributed by atoms with Gasteiger partial charge in [-0.15, -0.1) is 0 Å². The van der Waals surface area contributed by atoms with Crippen LogP contribution in [0.5, 0.6) is 0 Å². The maximum absolute atomic E-state index is 4.18. The summed E-state index contributed by atoms with van der Waals surface area (Å²) in [5.41, 5.74) is 1.25. The van der Waals surface area contributed by atoms with Gasteiger partial charge in [0.1, 0.15) is 4.60 Å². The molecule has 11 heavy (non-hydrogen) atoms. The molecule has 1 saturated carbocycles. The Balaban J connectivity index is 2.15. The molecule has 2 nitrogen and oxygen atoms in total. The fourth-order valence-corrected chi connectivity index (χ4v) is 1.50. The molecule has 60 valence electrons. The summed E-state index contributed by atoms with van der Waals surface area (Å²) in [4.78, 5) is 4.18. The van der Waals surface area contributed by atoms with Gasteiger partial charge in [0.25, 0.3) is 0 Å². The monoisotopic (exact) mass is 214 g/mol. The van der Waals surface area contributed by atoms with Gasteiger partial charge in [0.05, 0.1) is 6.33 Å². The zero-order chi connectivity index (χ0) is 7.84. The summed E-state index contributed by atoms with van der Waals surface area (Å²) in [6, 6.07) is 0. The standard InChI is InChI=1S/C8H11BrN2/c1-6-8(9)10-5-11(6)4-7-2-3-7/h5,7H,2-4H2,1H3. The average molecular weight is 215 g/mol. The fourth-order valence-electron chi connectivity index (χ4n) is 1.18. The van der Waals surface area contributed by atoms with Gasteiger partial charge in [-0.3, -0.25) is 0 Å². The van der Waals surface area contributed by atoms with Gasteiger partial charge in [-0.25, -0.2) is 4.98 Å². The third kappa shape index (κ3) is 1.48. The Morgan fingerprint density at radius 1 is 1.73 bits per heavy atom. The summed E-state index contributed by atoms with van der Waals surface area (Å²) >= 11 is 3.39. The van der Waals surface area contributed by atoms with E-state index in [2.05, 4.69) is 32.4 Å². The first kappa shape index (κ1) is 7.35. The van der Waals surface area contributed by atoms with E-state index >= 15 is 0 Å². The van der Waals surface area contributed by atoms with E-state index in [1.165, 1.54) is 18.5 Å². The van der Waals surface area contributed by atoms with Crippen LogP contribution in [0, 0.1) is 12.8 Å². The van der Waals surface area contributed by atoms with Crippen LogP contribution in [-0.2, 0) is 6.54 Å². The van der Waals surface area contributed by atoms with E-state index in [4.69, 9.17) is 0 Å². The van der Waals surface area contributed by atoms with E-state index in [1.807, 2.05) is 6.33 Å². The van der Waals surface area contributed by atoms with Gasteiger partial charge in [-0.1, -0.05) is 0 Å². The maximum atomic E-state index is 4.18. The lowest BCUT2D eigenvalue weighted by Crippen LogP contribution is -1.99. The third-order valence-corrected chi connectivity index (χ3v) is 2.97. The van der Waals surface area contributed by atoms with Crippen molar-refractivity contribution in [1.82, 2.24) is 9.55 Å². The molecule has 3 heteroatoms. The second-order valence-corrected chi connectivity index (χ2v) is 3.97. The molecule has 1 aromatic rings. The molecule has 0 aromatic carbocycles. The predicted molar refractivity (Wildman–Crippen MR) is 47.4 cm³/mol. The van der Waals surface area contributed by atoms with Crippen molar-refractivity contribution in [2.24, 2.45) is 5.92 Å². The Bertz CT molecular complexity index is 263. The van der Waals surface area contributed by atoms with E-state index < -0.39 is 0 Å². The molecule has 1 aliphatic carbocycles. The van der Waals surface area contributed by atoms with E-state index in [0.717, 1.165) is 17.1 Å². The lowest BCUT2D eigenvalue weighted by molar-refractivity contribution is 0.613. The summed E-state index contributed by atoms with van der Waals surface area (Å²) in [6.45, 7) is 3.25. The zero-order valence-corrected chi connectivity index (χ0v) is 8.13. The molecule has 0 atom stereocenters. The van der Waals surface area contributed by atoms with Gasteiger partial charge >= 0.3 is 0 Å². The minimum absolute atomic E-state index is 0.926. The number of nitrogens with zero attached hydrogens (tertiary/aromatic N) is 2. The van der Waals surface area contributed by atoms with Crippen molar-refractivity contribution in [2.45, 2.75) is 26.3 Å². The molecule has 1 aliphatic rings. The first-order chi connectivity index (χ1) is 5.27. The first-order valence-electron chi connectivity index (χ1n) is 3.94. The Morgan fingerprint density at radius 3 is 2.91 bits per heavy atom. The smallest absolute Gasteiger partial charge is 0.126 e. The summed E-state index contributed by atoms with van der Waals surface area (Å²) in [5, 5.41) is 0. The minimum Gasteiger partial charge on any atom is -0.333 e. The number of halogens is 1. The SMILES string of the molecule is Cc1c(Br)ncn1CC1CC1. The topological polar surface area (TPSA) is 17.8 Å². The maximum Gasteiger partial charge on any atom is 0.126 e. The lowest BCUT2D eigenvalue weighted by atomic mass is 10.4. The van der Waals surface area contributed by atoms with Crippen molar-refractivity contribution < 1.29 is 0 Å². The number of aromatic nitrogens is 2. The number of hydrogen-bond donors (Lipinski definition) is 0. The van der Waals surface area contributed by atoms with Crippen molar-refractivity contribution in [2.75, 3.05) is 0 Å². The highest BCUT2D eigenvalue weighted by Crippen LogP contribution is 2.31. The second-order valence-electron chi connectivity index (χ2n) is 3.22. The highest BCUT2D eigenvalue weighted by Gasteiger charge is 2.22. The first-order valence-corrected chi connectivity index (χ1v) is 4.74. The molecule has 0 amide bonds. The van der Waals surface area contributed by atoms with Gasteiger partial charge < -0.3 is 4.57 Å². The zero-order valence-electron chi connectivity index (χ0n) is 6.55. The van der Waals surface area contributed by atoms with Crippen LogP contribution in [0.1, 0.15) is 18.5 Å². The lowest BCUT2D eigenvalue weighted by Gasteiger charge is -2.01. The quantitative estimate of drug-likeness (QED) is 0.740. The fraction of sp³-hybridized carbons (Fsp3) is 0.625. The molecule has 1 heterocycles. The molecule has 0 N–H and O–H groups in total. The van der Waals surface area contributed by atoms with E-state index in [1.54, 1.807) is 0 Å². The van der Waals surface area contributed by atoms with Crippen LogP contribution in [-0.4, -0.2) is 9.55 Å². The van der Waals surface area contributed by atoms with E-state index in [-0.39, 0.29) is 0 Å². The van der Waals surface area contributed by atoms with Crippen LogP contribution in [0.2, 0.25) is 0 Å². The predicted octanol–water partition coefficient (Wildman–Crippen LogP) is 2.36. The van der Waals surface area contributed by atoms with Gasteiger partial charge in [0, 0.05) is 12.2 Å². The normalized spacial score (nSPS) is 17.3. The highest BCUT2D eigenvalue weighted by atomic mass is 79.9. The van der Waals surface area contributed by atoms with Crippen molar-refractivity contribution in [3.05, 3.63) is 16.6 Å². The van der Waals surface area contributed by atoms with Gasteiger partial charge in [0.2, 0.25) is 0 Å². The number of hydrogen-bond acceptors (Lipinski definition) is 1. The van der Waals surface area contributed by atoms with Crippen LogP contribution in [0.15, 0.2) is 10.9 Å². The summed E-state index contributed by atoms with van der Waals surface area (Å²) < 4.78 is 3.21. The molecule has 0 saturated heterocycles. The van der Waals surface area contributed by atoms with Crippen LogP contribution < -0.4 is 0 Å². The highest BCUT2D eigenvalue weighted by molar-refractivity contribution is 9.10. The molecule has 1 fully saturated rings. The van der Waals surface area contributed by atoms with Crippen LogP contribution in [0.3, 0.4) is 0 Å². The van der Waals surface area contributed by atoms with Crippen LogP contribution in [0.25, 0.3) is 0 Å². The molecule has 0 unspecified atom stereocenters. The van der Waals surface area contributed by atoms with Crippen molar-refractivity contribution >= 4 is 15.9 Å². The van der Waals surface area contributed by atoms with Gasteiger partial charge in [-0.05, 0) is 41.6 Å². The Kier molecular flexibility index (Phi) is 1.75. The van der Waals surface area contributed by atoms with Gasteiger partial charge in [-0.2, -0.15) is 0 Å². The van der Waals surface area contributed by atoms with Gasteiger partial charge in [0.15, 0.2) is 0 Å². The third-order valence-electron chi connectivity index (χ3n) is 2.19. The Hall–Kier alpha value is -0.310. The molecule has 0 aliphatic heterocycles. The van der Waals surface area contributed by atoms with Crippen molar-refractivity contribution in [3.63, 3.8) is 0 Å². The molecule has 0 bridgehead atoms. The molecule has 0 spiro atoms. The van der Waals surface area contributed by atoms with Crippen LogP contribution >= 0.6 is 15.9 Å². The Morgan fingerprint density at radius 2 is 2.45 bits per heavy atom. The minimum atomic E-state index is 0.926. The summed E-state index contributed by atoms with van der Waals surface area (Å²) in [5.74, 6) is 0.926. The van der Waals surface area contributed by atoms with Crippen molar-refractivity contribution in [1.29, 1.82) is 0 Å². The summed E-state index contributed by atoms with van der Waals surface area (Å²) in [6.07, 6.45) is 4.71. The molecular weight excluding hydrogens is 204 g/mol. The molecule has 2 rings (SSSR count). The molecule has 0 radical (unpaired) electrons. The van der Waals surface area contributed by atoms with E-state index in [9.17, 15) is 0 Å². The average Bonchev–Trinajstić information content (AvgIpc) is 2.74. The van der Waals surface area contributed by atoms with Crippen LogP contribution in [0.4, 0.5) is 0 Å². The second kappa shape index (κ2) is 2.63. The molecular formula is C8H11BrN2. The Labute approximate surface area is 74.8 Å².